The summed E-state index contributed by atoms with van der Waals surface area (Å²) in [5, 5.41) is 3.81. The first kappa shape index (κ1) is 15.4. The predicted molar refractivity (Wildman–Crippen MR) is 80.9 cm³/mol. The minimum Gasteiger partial charge on any atom is -0.493 e. The molecule has 1 heterocycles. The SMILES string of the molecule is CCC(COC)NC(=O)c1oc2c(OC)cccc2c1C. The molecule has 1 aromatic carbocycles. The minimum absolute atomic E-state index is 0.0305. The van der Waals surface area contributed by atoms with E-state index in [1.54, 1.807) is 14.2 Å². The van der Waals surface area contributed by atoms with E-state index in [0.29, 0.717) is 23.7 Å². The van der Waals surface area contributed by atoms with Crippen LogP contribution in [0.15, 0.2) is 22.6 Å². The highest BCUT2D eigenvalue weighted by atomic mass is 16.5. The maximum absolute atomic E-state index is 12.4. The van der Waals surface area contributed by atoms with Gasteiger partial charge in [-0.3, -0.25) is 4.79 Å². The fourth-order valence-corrected chi connectivity index (χ4v) is 2.31. The summed E-state index contributed by atoms with van der Waals surface area (Å²) in [6.07, 6.45) is 0.794. The van der Waals surface area contributed by atoms with Gasteiger partial charge in [0.1, 0.15) is 0 Å². The largest absolute Gasteiger partial charge is 0.493 e. The van der Waals surface area contributed by atoms with E-state index in [4.69, 9.17) is 13.9 Å². The molecule has 21 heavy (non-hydrogen) atoms. The van der Waals surface area contributed by atoms with Gasteiger partial charge in [0.2, 0.25) is 0 Å². The van der Waals surface area contributed by atoms with E-state index < -0.39 is 0 Å². The molecule has 1 N–H and O–H groups in total. The molecule has 5 heteroatoms. The van der Waals surface area contributed by atoms with Crippen molar-refractivity contribution in [3.8, 4) is 5.75 Å². The van der Waals surface area contributed by atoms with Crippen molar-refractivity contribution < 1.29 is 18.7 Å². The van der Waals surface area contributed by atoms with Crippen LogP contribution in [0.2, 0.25) is 0 Å². The summed E-state index contributed by atoms with van der Waals surface area (Å²) in [6, 6.07) is 5.58. The van der Waals surface area contributed by atoms with Gasteiger partial charge in [-0.1, -0.05) is 19.1 Å². The lowest BCUT2D eigenvalue weighted by molar-refractivity contribution is 0.0868. The van der Waals surface area contributed by atoms with Crippen LogP contribution in [0.4, 0.5) is 0 Å². The van der Waals surface area contributed by atoms with Crippen LogP contribution in [-0.2, 0) is 4.74 Å². The smallest absolute Gasteiger partial charge is 0.287 e. The fraction of sp³-hybridized carbons (Fsp3) is 0.438. The van der Waals surface area contributed by atoms with Gasteiger partial charge in [0, 0.05) is 18.1 Å². The summed E-state index contributed by atoms with van der Waals surface area (Å²) < 4.78 is 16.1. The number of hydrogen-bond acceptors (Lipinski definition) is 4. The van der Waals surface area contributed by atoms with Crippen molar-refractivity contribution in [2.45, 2.75) is 26.3 Å². The summed E-state index contributed by atoms with van der Waals surface area (Å²) in [4.78, 5) is 12.4. The van der Waals surface area contributed by atoms with Crippen molar-refractivity contribution in [3.05, 3.63) is 29.5 Å². The third-order valence-electron chi connectivity index (χ3n) is 3.55. The van der Waals surface area contributed by atoms with Crippen LogP contribution in [-0.4, -0.2) is 32.8 Å². The number of ether oxygens (including phenoxy) is 2. The standard InChI is InChI=1S/C16H21NO4/c1-5-11(9-19-3)17-16(18)14-10(2)12-7-6-8-13(20-4)15(12)21-14/h6-8,11H,5,9H2,1-4H3,(H,17,18). The Morgan fingerprint density at radius 2 is 2.14 bits per heavy atom. The van der Waals surface area contributed by atoms with E-state index in [9.17, 15) is 4.79 Å². The number of benzene rings is 1. The van der Waals surface area contributed by atoms with Crippen molar-refractivity contribution in [2.24, 2.45) is 0 Å². The molecule has 0 aliphatic rings. The van der Waals surface area contributed by atoms with Gasteiger partial charge < -0.3 is 19.2 Å². The molecule has 0 aliphatic carbocycles. The summed E-state index contributed by atoms with van der Waals surface area (Å²) in [7, 11) is 3.20. The Balaban J connectivity index is 2.33. The average molecular weight is 291 g/mol. The molecule has 1 aromatic heterocycles. The Morgan fingerprint density at radius 1 is 1.38 bits per heavy atom. The third kappa shape index (κ3) is 3.03. The topological polar surface area (TPSA) is 60.7 Å². The molecule has 1 amide bonds. The van der Waals surface area contributed by atoms with Gasteiger partial charge in [0.05, 0.1) is 19.8 Å². The Kier molecular flexibility index (Phi) is 4.85. The highest BCUT2D eigenvalue weighted by Crippen LogP contribution is 2.32. The number of nitrogens with one attached hydrogen (secondary N) is 1. The second kappa shape index (κ2) is 6.63. The second-order valence-corrected chi connectivity index (χ2v) is 4.93. The number of fused-ring (bicyclic) bond motifs is 1. The van der Waals surface area contributed by atoms with Crippen LogP contribution in [0.5, 0.6) is 5.75 Å². The zero-order chi connectivity index (χ0) is 15.4. The first-order valence-electron chi connectivity index (χ1n) is 6.98. The summed E-state index contributed by atoms with van der Waals surface area (Å²) in [5.74, 6) is 0.720. The maximum Gasteiger partial charge on any atom is 0.287 e. The number of furan rings is 1. The number of rotatable bonds is 6. The van der Waals surface area contributed by atoms with Crippen LogP contribution < -0.4 is 10.1 Å². The lowest BCUT2D eigenvalue weighted by Gasteiger charge is -2.15. The van der Waals surface area contributed by atoms with E-state index >= 15 is 0 Å². The molecular formula is C16H21NO4. The zero-order valence-corrected chi connectivity index (χ0v) is 12.9. The van der Waals surface area contributed by atoms with E-state index in [2.05, 4.69) is 5.32 Å². The molecule has 5 nitrogen and oxygen atoms in total. The molecule has 0 saturated carbocycles. The Hall–Kier alpha value is -2.01. The highest BCUT2D eigenvalue weighted by molar-refractivity contribution is 6.00. The lowest BCUT2D eigenvalue weighted by Crippen LogP contribution is -2.37. The van der Waals surface area contributed by atoms with Gasteiger partial charge in [0.25, 0.3) is 5.91 Å². The Morgan fingerprint density at radius 3 is 2.76 bits per heavy atom. The first-order valence-corrected chi connectivity index (χ1v) is 6.98. The van der Waals surface area contributed by atoms with Crippen LogP contribution in [0, 0.1) is 6.92 Å². The van der Waals surface area contributed by atoms with Crippen LogP contribution in [0.1, 0.15) is 29.5 Å². The predicted octanol–water partition coefficient (Wildman–Crippen LogP) is 2.90. The molecule has 2 aromatic rings. The van der Waals surface area contributed by atoms with Gasteiger partial charge >= 0.3 is 0 Å². The summed E-state index contributed by atoms with van der Waals surface area (Å²) in [6.45, 7) is 4.35. The molecule has 1 atom stereocenters. The molecule has 0 radical (unpaired) electrons. The maximum atomic E-state index is 12.4. The van der Waals surface area contributed by atoms with Gasteiger partial charge in [-0.2, -0.15) is 0 Å². The van der Waals surface area contributed by atoms with Gasteiger partial charge in [-0.25, -0.2) is 0 Å². The Bertz CT molecular complexity index is 632. The molecule has 2 rings (SSSR count). The first-order chi connectivity index (χ1) is 10.1. The molecule has 0 bridgehead atoms. The van der Waals surface area contributed by atoms with Gasteiger partial charge in [0.15, 0.2) is 17.1 Å². The number of para-hydroxylation sites is 1. The molecule has 0 saturated heterocycles. The number of hydrogen-bond donors (Lipinski definition) is 1. The van der Waals surface area contributed by atoms with Crippen LogP contribution in [0.25, 0.3) is 11.0 Å². The Labute approximate surface area is 124 Å². The molecule has 114 valence electrons. The van der Waals surface area contributed by atoms with Crippen LogP contribution >= 0.6 is 0 Å². The third-order valence-corrected chi connectivity index (χ3v) is 3.55. The van der Waals surface area contributed by atoms with Crippen molar-refractivity contribution in [1.29, 1.82) is 0 Å². The quantitative estimate of drug-likeness (QED) is 0.889. The molecular weight excluding hydrogens is 270 g/mol. The number of aryl methyl sites for hydroxylation is 1. The van der Waals surface area contributed by atoms with Crippen molar-refractivity contribution in [3.63, 3.8) is 0 Å². The number of carbonyl (C=O) groups excluding carboxylic acids is 1. The van der Waals surface area contributed by atoms with Gasteiger partial charge in [-0.05, 0) is 19.4 Å². The van der Waals surface area contributed by atoms with Crippen LogP contribution in [0.3, 0.4) is 0 Å². The molecule has 1 unspecified atom stereocenters. The summed E-state index contributed by atoms with van der Waals surface area (Å²) in [5.41, 5.74) is 1.41. The van der Waals surface area contributed by atoms with Crippen molar-refractivity contribution in [1.82, 2.24) is 5.32 Å². The van der Waals surface area contributed by atoms with E-state index in [0.717, 1.165) is 17.4 Å². The number of amides is 1. The van der Waals surface area contributed by atoms with E-state index in [-0.39, 0.29) is 11.9 Å². The van der Waals surface area contributed by atoms with Crippen molar-refractivity contribution >= 4 is 16.9 Å². The normalized spacial score (nSPS) is 12.4. The highest BCUT2D eigenvalue weighted by Gasteiger charge is 2.21. The fourth-order valence-electron chi connectivity index (χ4n) is 2.31. The molecule has 0 aliphatic heterocycles. The number of methoxy groups -OCH3 is 2. The minimum atomic E-state index is -0.227. The lowest BCUT2D eigenvalue weighted by atomic mass is 10.1. The number of carbonyl (C=O) groups is 1. The monoisotopic (exact) mass is 291 g/mol. The van der Waals surface area contributed by atoms with Gasteiger partial charge in [-0.15, -0.1) is 0 Å². The van der Waals surface area contributed by atoms with E-state index in [1.807, 2.05) is 32.0 Å². The second-order valence-electron chi connectivity index (χ2n) is 4.93. The zero-order valence-electron chi connectivity index (χ0n) is 12.9. The summed E-state index contributed by atoms with van der Waals surface area (Å²) >= 11 is 0. The van der Waals surface area contributed by atoms with Crippen molar-refractivity contribution in [2.75, 3.05) is 20.8 Å². The molecule has 0 fully saturated rings. The van der Waals surface area contributed by atoms with E-state index in [1.165, 1.54) is 0 Å². The molecule has 0 spiro atoms. The average Bonchev–Trinajstić information content (AvgIpc) is 2.84.